The van der Waals surface area contributed by atoms with Gasteiger partial charge < -0.3 is 23.8 Å². The lowest BCUT2D eigenvalue weighted by atomic mass is 10.1. The predicted octanol–water partition coefficient (Wildman–Crippen LogP) is 4.21. The first-order valence-electron chi connectivity index (χ1n) is 10.8. The molecule has 0 unspecified atom stereocenters. The third-order valence-corrected chi connectivity index (χ3v) is 5.66. The Labute approximate surface area is 187 Å². The Balaban J connectivity index is 1.23. The molecule has 0 bridgehead atoms. The van der Waals surface area contributed by atoms with Crippen LogP contribution in [0, 0.1) is 0 Å². The largest absolute Gasteiger partial charge is 0.491 e. The molecule has 164 valence electrons. The quantitative estimate of drug-likeness (QED) is 0.548. The van der Waals surface area contributed by atoms with Crippen molar-refractivity contribution in [3.05, 3.63) is 89.0 Å². The van der Waals surface area contributed by atoms with Crippen LogP contribution in [-0.4, -0.2) is 37.4 Å². The van der Waals surface area contributed by atoms with Crippen LogP contribution in [0.5, 0.6) is 17.2 Å². The second kappa shape index (κ2) is 9.32. The summed E-state index contributed by atoms with van der Waals surface area (Å²) < 4.78 is 22.5. The van der Waals surface area contributed by atoms with Crippen molar-refractivity contribution < 1.29 is 23.7 Å². The van der Waals surface area contributed by atoms with Crippen LogP contribution < -0.4 is 14.2 Å². The Morgan fingerprint density at radius 3 is 2.62 bits per heavy atom. The van der Waals surface area contributed by atoms with Crippen molar-refractivity contribution in [2.24, 2.45) is 0 Å². The molecule has 3 aromatic rings. The van der Waals surface area contributed by atoms with E-state index in [9.17, 15) is 4.79 Å². The van der Waals surface area contributed by atoms with Gasteiger partial charge in [-0.2, -0.15) is 0 Å². The van der Waals surface area contributed by atoms with Gasteiger partial charge in [0.2, 0.25) is 6.79 Å². The average Bonchev–Trinajstić information content (AvgIpc) is 3.20. The van der Waals surface area contributed by atoms with E-state index in [1.807, 2.05) is 35.2 Å². The summed E-state index contributed by atoms with van der Waals surface area (Å²) in [7, 11) is 0. The Bertz CT molecular complexity index is 1100. The number of benzene rings is 3. The summed E-state index contributed by atoms with van der Waals surface area (Å²) in [6.45, 7) is 2.83. The molecule has 2 heterocycles. The first kappa shape index (κ1) is 20.4. The van der Waals surface area contributed by atoms with Crippen molar-refractivity contribution in [3.63, 3.8) is 0 Å². The van der Waals surface area contributed by atoms with Gasteiger partial charge in [-0.25, -0.2) is 0 Å². The van der Waals surface area contributed by atoms with Gasteiger partial charge in [-0.1, -0.05) is 36.4 Å². The Kier molecular flexibility index (Phi) is 5.94. The number of carbonyl (C=O) groups is 1. The van der Waals surface area contributed by atoms with Crippen LogP contribution in [0.25, 0.3) is 0 Å². The summed E-state index contributed by atoms with van der Waals surface area (Å²) >= 11 is 0. The van der Waals surface area contributed by atoms with Crippen molar-refractivity contribution >= 4 is 5.91 Å². The van der Waals surface area contributed by atoms with E-state index >= 15 is 0 Å². The van der Waals surface area contributed by atoms with Crippen molar-refractivity contribution in [1.82, 2.24) is 4.90 Å². The lowest BCUT2D eigenvalue weighted by Crippen LogP contribution is -2.32. The summed E-state index contributed by atoms with van der Waals surface area (Å²) in [5, 5.41) is 0. The highest BCUT2D eigenvalue weighted by Gasteiger charge is 2.23. The van der Waals surface area contributed by atoms with Gasteiger partial charge >= 0.3 is 0 Å². The van der Waals surface area contributed by atoms with E-state index in [1.54, 1.807) is 18.2 Å². The van der Waals surface area contributed by atoms with Gasteiger partial charge in [0.05, 0.1) is 19.8 Å². The van der Waals surface area contributed by atoms with E-state index < -0.39 is 0 Å². The van der Waals surface area contributed by atoms with Crippen molar-refractivity contribution in [3.8, 4) is 17.2 Å². The number of hydrogen-bond donors (Lipinski definition) is 0. The predicted molar refractivity (Wildman–Crippen MR) is 119 cm³/mol. The van der Waals surface area contributed by atoms with Crippen LogP contribution in [0.3, 0.4) is 0 Å². The van der Waals surface area contributed by atoms with Gasteiger partial charge in [-0.05, 0) is 47.9 Å². The van der Waals surface area contributed by atoms with Crippen LogP contribution >= 0.6 is 0 Å². The van der Waals surface area contributed by atoms with Gasteiger partial charge in [0.15, 0.2) is 11.5 Å². The van der Waals surface area contributed by atoms with Gasteiger partial charge in [-0.3, -0.25) is 4.79 Å². The molecule has 0 spiro atoms. The van der Waals surface area contributed by atoms with Crippen LogP contribution in [0.4, 0.5) is 0 Å². The molecule has 0 saturated carbocycles. The number of nitrogens with zero attached hydrogens (tertiary/aromatic N) is 1. The molecule has 0 aliphatic carbocycles. The first-order chi connectivity index (χ1) is 15.8. The lowest BCUT2D eigenvalue weighted by molar-refractivity contribution is 0.0732. The highest BCUT2D eigenvalue weighted by atomic mass is 16.7. The first-order valence-corrected chi connectivity index (χ1v) is 10.8. The average molecular weight is 431 g/mol. The van der Waals surface area contributed by atoms with E-state index in [2.05, 4.69) is 18.2 Å². The van der Waals surface area contributed by atoms with Crippen LogP contribution in [-0.2, 0) is 24.3 Å². The van der Waals surface area contributed by atoms with Crippen molar-refractivity contribution in [2.45, 2.75) is 19.6 Å². The fourth-order valence-electron chi connectivity index (χ4n) is 3.95. The fourth-order valence-corrected chi connectivity index (χ4v) is 3.95. The molecule has 0 fully saturated rings. The van der Waals surface area contributed by atoms with Gasteiger partial charge in [0.1, 0.15) is 12.4 Å². The third kappa shape index (κ3) is 4.55. The maximum absolute atomic E-state index is 13.1. The van der Waals surface area contributed by atoms with E-state index in [-0.39, 0.29) is 12.7 Å². The van der Waals surface area contributed by atoms with Crippen LogP contribution in [0.2, 0.25) is 0 Å². The number of hydrogen-bond acceptors (Lipinski definition) is 5. The Morgan fingerprint density at radius 2 is 1.72 bits per heavy atom. The van der Waals surface area contributed by atoms with Crippen molar-refractivity contribution in [2.75, 3.05) is 26.6 Å². The van der Waals surface area contributed by atoms with Gasteiger partial charge in [0, 0.05) is 17.7 Å². The zero-order valence-electron chi connectivity index (χ0n) is 17.8. The number of fused-ring (bicyclic) bond motifs is 2. The van der Waals surface area contributed by atoms with E-state index in [4.69, 9.17) is 18.9 Å². The molecule has 0 N–H and O–H groups in total. The molecule has 0 radical (unpaired) electrons. The second-order valence-corrected chi connectivity index (χ2v) is 7.87. The minimum atomic E-state index is -0.0516. The molecule has 0 saturated heterocycles. The topological polar surface area (TPSA) is 57.2 Å². The standard InChI is InChI=1S/C26H25NO5/c28-26(21-7-9-24-25(15-21)32-18-31-24)27-11-13-30-23-8-6-20(14-22(23)16-27)17-29-12-10-19-4-2-1-3-5-19/h1-9,14-15H,10-13,16-18H2. The van der Waals surface area contributed by atoms with Crippen LogP contribution in [0.1, 0.15) is 27.0 Å². The number of carbonyl (C=O) groups excluding carboxylic acids is 1. The van der Waals surface area contributed by atoms with Gasteiger partial charge in [0.25, 0.3) is 5.91 Å². The molecule has 2 aliphatic rings. The molecule has 6 heteroatoms. The second-order valence-electron chi connectivity index (χ2n) is 7.87. The van der Waals surface area contributed by atoms with E-state index in [0.717, 1.165) is 23.3 Å². The molecule has 3 aromatic carbocycles. The molecule has 2 aliphatic heterocycles. The summed E-state index contributed by atoms with van der Waals surface area (Å²) in [6, 6.07) is 21.7. The zero-order chi connectivity index (χ0) is 21.8. The van der Waals surface area contributed by atoms with E-state index in [0.29, 0.717) is 50.0 Å². The van der Waals surface area contributed by atoms with Crippen LogP contribution in [0.15, 0.2) is 66.7 Å². The Morgan fingerprint density at radius 1 is 0.875 bits per heavy atom. The highest BCUT2D eigenvalue weighted by Crippen LogP contribution is 2.33. The SMILES string of the molecule is O=C(c1ccc2c(c1)OCO2)N1CCOc2ccc(COCCc3ccccc3)cc2C1. The third-order valence-electron chi connectivity index (χ3n) is 5.66. The molecule has 1 amide bonds. The number of rotatable bonds is 6. The highest BCUT2D eigenvalue weighted by molar-refractivity contribution is 5.95. The van der Waals surface area contributed by atoms with Gasteiger partial charge in [-0.15, -0.1) is 0 Å². The van der Waals surface area contributed by atoms with E-state index in [1.165, 1.54) is 5.56 Å². The molecular formula is C26H25NO5. The fraction of sp³-hybridized carbons (Fsp3) is 0.269. The summed E-state index contributed by atoms with van der Waals surface area (Å²) in [5.41, 5.74) is 3.90. The van der Waals surface area contributed by atoms with Crippen molar-refractivity contribution in [1.29, 1.82) is 0 Å². The maximum atomic E-state index is 13.1. The monoisotopic (exact) mass is 431 g/mol. The Hall–Kier alpha value is -3.51. The smallest absolute Gasteiger partial charge is 0.254 e. The zero-order valence-corrected chi connectivity index (χ0v) is 17.8. The summed E-state index contributed by atoms with van der Waals surface area (Å²) in [4.78, 5) is 15.0. The minimum Gasteiger partial charge on any atom is -0.491 e. The lowest BCUT2D eigenvalue weighted by Gasteiger charge is -2.20. The molecule has 0 atom stereocenters. The number of amides is 1. The molecular weight excluding hydrogens is 406 g/mol. The maximum Gasteiger partial charge on any atom is 0.254 e. The minimum absolute atomic E-state index is 0.0516. The molecule has 5 rings (SSSR count). The summed E-state index contributed by atoms with van der Waals surface area (Å²) in [5.74, 6) is 2.04. The molecule has 6 nitrogen and oxygen atoms in total. The summed E-state index contributed by atoms with van der Waals surface area (Å²) in [6.07, 6.45) is 0.882. The number of ether oxygens (including phenoxy) is 4. The normalized spacial score (nSPS) is 14.4. The molecule has 0 aromatic heterocycles. The molecule has 32 heavy (non-hydrogen) atoms.